The summed E-state index contributed by atoms with van der Waals surface area (Å²) in [5, 5.41) is 0.532. The van der Waals surface area contributed by atoms with Crippen molar-refractivity contribution in [3.8, 4) is 17.1 Å². The Labute approximate surface area is 141 Å². The maximum absolute atomic E-state index is 13.0. The minimum Gasteiger partial charge on any atom is -0.484 e. The Morgan fingerprint density at radius 2 is 1.88 bits per heavy atom. The maximum atomic E-state index is 13.0. The van der Waals surface area contributed by atoms with Crippen LogP contribution >= 0.6 is 0 Å². The van der Waals surface area contributed by atoms with Crippen molar-refractivity contribution in [2.45, 2.75) is 26.4 Å². The highest BCUT2D eigenvalue weighted by Crippen LogP contribution is 2.32. The smallest absolute Gasteiger partial charge is 0.235 e. The first-order chi connectivity index (χ1) is 11.6. The molecule has 1 heterocycles. The zero-order valence-corrected chi connectivity index (χ0v) is 13.9. The summed E-state index contributed by atoms with van der Waals surface area (Å²) in [5.74, 6) is 0.734. The highest BCUT2D eigenvalue weighted by atomic mass is 16.5. The Bertz CT molecular complexity index is 921. The molecule has 0 N–H and O–H groups in total. The van der Waals surface area contributed by atoms with E-state index < -0.39 is 0 Å². The number of ether oxygens (including phenoxy) is 1. The van der Waals surface area contributed by atoms with Gasteiger partial charge in [-0.3, -0.25) is 4.79 Å². The number of rotatable bonds is 5. The summed E-state index contributed by atoms with van der Waals surface area (Å²) in [7, 11) is 0. The van der Waals surface area contributed by atoms with Crippen molar-refractivity contribution in [1.29, 1.82) is 0 Å². The van der Waals surface area contributed by atoms with E-state index in [1.807, 2.05) is 56.3 Å². The molecule has 3 nitrogen and oxygen atoms in total. The fourth-order valence-corrected chi connectivity index (χ4v) is 2.70. The third kappa shape index (κ3) is 2.98. The third-order valence-corrected chi connectivity index (χ3v) is 3.71. The third-order valence-electron chi connectivity index (χ3n) is 3.71. The van der Waals surface area contributed by atoms with Gasteiger partial charge in [0.05, 0.1) is 11.5 Å². The van der Waals surface area contributed by atoms with Crippen LogP contribution < -0.4 is 10.2 Å². The molecule has 0 bridgehead atoms. The van der Waals surface area contributed by atoms with Crippen LogP contribution in [-0.4, -0.2) is 6.10 Å². The quantitative estimate of drug-likeness (QED) is 0.623. The lowest BCUT2D eigenvalue weighted by Gasteiger charge is -2.15. The molecule has 122 valence electrons. The number of allylic oxidation sites excluding steroid dienone is 1. The highest BCUT2D eigenvalue weighted by Gasteiger charge is 2.19. The lowest BCUT2D eigenvalue weighted by molar-refractivity contribution is 0.236. The van der Waals surface area contributed by atoms with Crippen molar-refractivity contribution in [2.24, 2.45) is 0 Å². The van der Waals surface area contributed by atoms with E-state index in [1.165, 1.54) is 0 Å². The highest BCUT2D eigenvalue weighted by molar-refractivity contribution is 5.84. The molecular formula is C21H20O3. The van der Waals surface area contributed by atoms with Gasteiger partial charge in [-0.05, 0) is 31.9 Å². The number of fused-ring (bicyclic) bond motifs is 1. The second-order valence-electron chi connectivity index (χ2n) is 5.91. The van der Waals surface area contributed by atoms with E-state index in [-0.39, 0.29) is 17.3 Å². The van der Waals surface area contributed by atoms with Gasteiger partial charge >= 0.3 is 0 Å². The molecular weight excluding hydrogens is 300 g/mol. The molecule has 0 saturated heterocycles. The molecule has 0 unspecified atom stereocenters. The number of para-hydroxylation sites is 1. The first-order valence-electron chi connectivity index (χ1n) is 8.03. The molecule has 24 heavy (non-hydrogen) atoms. The van der Waals surface area contributed by atoms with Crippen LogP contribution in [0.1, 0.15) is 19.4 Å². The van der Waals surface area contributed by atoms with Crippen LogP contribution in [0.3, 0.4) is 0 Å². The van der Waals surface area contributed by atoms with Gasteiger partial charge in [0, 0.05) is 5.56 Å². The van der Waals surface area contributed by atoms with Crippen LogP contribution in [0.15, 0.2) is 70.4 Å². The summed E-state index contributed by atoms with van der Waals surface area (Å²) in [6, 6.07) is 15.2. The summed E-state index contributed by atoms with van der Waals surface area (Å²) in [6.45, 7) is 7.57. The summed E-state index contributed by atoms with van der Waals surface area (Å²) in [5.41, 5.74) is 2.21. The standard InChI is InChI=1S/C21H20O3/c1-4-9-15-12-8-13-17-18(22)21(23-14(2)3)20(24-19(15)17)16-10-6-5-7-11-16/h4-8,10-14H,1,9H2,2-3H3. The predicted octanol–water partition coefficient (Wildman–Crippen LogP) is 4.98. The molecule has 0 aliphatic heterocycles. The van der Waals surface area contributed by atoms with E-state index in [0.717, 1.165) is 11.1 Å². The topological polar surface area (TPSA) is 39.4 Å². The number of hydrogen-bond acceptors (Lipinski definition) is 3. The van der Waals surface area contributed by atoms with Crippen molar-refractivity contribution in [3.63, 3.8) is 0 Å². The molecule has 0 aliphatic carbocycles. The molecule has 0 atom stereocenters. The SMILES string of the molecule is C=CCc1cccc2c(=O)c(OC(C)C)c(-c3ccccc3)oc12. The van der Waals surface area contributed by atoms with Crippen molar-refractivity contribution < 1.29 is 9.15 Å². The number of hydrogen-bond donors (Lipinski definition) is 0. The first kappa shape index (κ1) is 16.1. The second kappa shape index (κ2) is 6.75. The molecule has 3 aromatic rings. The van der Waals surface area contributed by atoms with Crippen LogP contribution in [0.4, 0.5) is 0 Å². The van der Waals surface area contributed by atoms with E-state index in [1.54, 1.807) is 12.1 Å². The Kier molecular flexibility index (Phi) is 4.52. The minimum atomic E-state index is -0.144. The van der Waals surface area contributed by atoms with E-state index in [0.29, 0.717) is 23.2 Å². The average molecular weight is 320 g/mol. The Morgan fingerprint density at radius 1 is 1.12 bits per heavy atom. The monoisotopic (exact) mass is 320 g/mol. The largest absolute Gasteiger partial charge is 0.484 e. The summed E-state index contributed by atoms with van der Waals surface area (Å²) in [6.07, 6.45) is 2.32. The molecule has 0 amide bonds. The Morgan fingerprint density at radius 3 is 2.54 bits per heavy atom. The normalized spacial score (nSPS) is 11.0. The van der Waals surface area contributed by atoms with Crippen molar-refractivity contribution in [1.82, 2.24) is 0 Å². The van der Waals surface area contributed by atoms with Crippen molar-refractivity contribution >= 4 is 11.0 Å². The van der Waals surface area contributed by atoms with Crippen LogP contribution in [0.25, 0.3) is 22.3 Å². The van der Waals surface area contributed by atoms with Crippen molar-refractivity contribution in [3.05, 3.63) is 77.0 Å². The Balaban J connectivity index is 2.36. The molecule has 0 fully saturated rings. The minimum absolute atomic E-state index is 0.121. The van der Waals surface area contributed by atoms with Gasteiger partial charge in [-0.15, -0.1) is 6.58 Å². The van der Waals surface area contributed by atoms with Crippen molar-refractivity contribution in [2.75, 3.05) is 0 Å². The van der Waals surface area contributed by atoms with Crippen LogP contribution in [0.2, 0.25) is 0 Å². The van der Waals surface area contributed by atoms with E-state index >= 15 is 0 Å². The van der Waals surface area contributed by atoms with Gasteiger partial charge in [-0.1, -0.05) is 48.5 Å². The van der Waals surface area contributed by atoms with Gasteiger partial charge in [0.15, 0.2) is 5.76 Å². The molecule has 0 radical (unpaired) electrons. The van der Waals surface area contributed by atoms with E-state index in [9.17, 15) is 4.79 Å². The van der Waals surface area contributed by atoms with Gasteiger partial charge in [-0.25, -0.2) is 0 Å². The van der Waals surface area contributed by atoms with Gasteiger partial charge in [0.25, 0.3) is 0 Å². The predicted molar refractivity (Wildman–Crippen MR) is 97.6 cm³/mol. The van der Waals surface area contributed by atoms with Gasteiger partial charge < -0.3 is 9.15 Å². The second-order valence-corrected chi connectivity index (χ2v) is 5.91. The lowest BCUT2D eigenvalue weighted by atomic mass is 10.1. The van der Waals surface area contributed by atoms with Gasteiger partial charge in [0.2, 0.25) is 11.2 Å². The fourth-order valence-electron chi connectivity index (χ4n) is 2.70. The van der Waals surface area contributed by atoms with Gasteiger partial charge in [-0.2, -0.15) is 0 Å². The van der Waals surface area contributed by atoms with E-state index in [2.05, 4.69) is 6.58 Å². The molecule has 0 spiro atoms. The fraction of sp³-hybridized carbons (Fsp3) is 0.190. The molecule has 1 aromatic heterocycles. The zero-order valence-electron chi connectivity index (χ0n) is 13.9. The molecule has 2 aromatic carbocycles. The average Bonchev–Trinajstić information content (AvgIpc) is 2.58. The maximum Gasteiger partial charge on any atom is 0.235 e. The molecule has 0 saturated carbocycles. The van der Waals surface area contributed by atoms with Gasteiger partial charge in [0.1, 0.15) is 5.58 Å². The van der Waals surface area contributed by atoms with E-state index in [4.69, 9.17) is 9.15 Å². The summed E-state index contributed by atoms with van der Waals surface area (Å²) in [4.78, 5) is 13.0. The van der Waals surface area contributed by atoms with Crippen LogP contribution in [0, 0.1) is 0 Å². The Hall–Kier alpha value is -2.81. The summed E-state index contributed by atoms with van der Waals surface area (Å²) < 4.78 is 12.0. The summed E-state index contributed by atoms with van der Waals surface area (Å²) >= 11 is 0. The zero-order chi connectivity index (χ0) is 17.1. The molecule has 3 heteroatoms. The van der Waals surface area contributed by atoms with Crippen LogP contribution in [-0.2, 0) is 6.42 Å². The molecule has 3 rings (SSSR count). The lowest BCUT2D eigenvalue weighted by Crippen LogP contribution is -2.15. The molecule has 0 aliphatic rings. The first-order valence-corrected chi connectivity index (χ1v) is 8.03. The van der Waals surface area contributed by atoms with Crippen LogP contribution in [0.5, 0.6) is 5.75 Å². The number of benzene rings is 2.